The van der Waals surface area contributed by atoms with Crippen LogP contribution in [0.25, 0.3) is 11.3 Å². The first-order chi connectivity index (χ1) is 14.1. The van der Waals surface area contributed by atoms with Crippen molar-refractivity contribution in [2.24, 2.45) is 0 Å². The number of hydrogen-bond donors (Lipinski definition) is 2. The van der Waals surface area contributed by atoms with E-state index in [4.69, 9.17) is 16.0 Å². The van der Waals surface area contributed by atoms with E-state index in [1.165, 1.54) is 17.7 Å². The molecule has 0 atom stereocenters. The number of thiophene rings is 1. The first-order valence-corrected chi connectivity index (χ1v) is 9.80. The molecule has 0 aliphatic heterocycles. The molecule has 0 fully saturated rings. The Hall–Kier alpha value is -3.42. The molecular weight excluding hydrogens is 410 g/mol. The van der Waals surface area contributed by atoms with Gasteiger partial charge in [-0.25, -0.2) is 4.98 Å². The molecule has 144 valence electrons. The summed E-state index contributed by atoms with van der Waals surface area (Å²) in [5.74, 6) is 0.0508. The molecule has 0 unspecified atom stereocenters. The van der Waals surface area contributed by atoms with Crippen LogP contribution in [0.1, 0.15) is 20.0 Å². The molecule has 2 aromatic heterocycles. The van der Waals surface area contributed by atoms with Gasteiger partial charge in [0, 0.05) is 16.8 Å². The van der Waals surface area contributed by atoms with Gasteiger partial charge >= 0.3 is 0 Å². The van der Waals surface area contributed by atoms with E-state index in [1.807, 2.05) is 17.5 Å². The molecule has 8 heteroatoms. The average Bonchev–Trinajstić information content (AvgIpc) is 3.44. The van der Waals surface area contributed by atoms with Crippen molar-refractivity contribution in [2.45, 2.75) is 0 Å². The van der Waals surface area contributed by atoms with Crippen molar-refractivity contribution in [3.8, 4) is 11.3 Å². The molecule has 0 bridgehead atoms. The third-order valence-electron chi connectivity index (χ3n) is 4.08. The summed E-state index contributed by atoms with van der Waals surface area (Å²) in [6.45, 7) is 0. The molecule has 6 nitrogen and oxygen atoms in total. The second kappa shape index (κ2) is 8.30. The van der Waals surface area contributed by atoms with Crippen LogP contribution in [0.3, 0.4) is 0 Å². The molecule has 2 aromatic carbocycles. The molecule has 0 saturated carbocycles. The van der Waals surface area contributed by atoms with Crippen molar-refractivity contribution < 1.29 is 14.0 Å². The van der Waals surface area contributed by atoms with E-state index in [1.54, 1.807) is 48.7 Å². The lowest BCUT2D eigenvalue weighted by molar-refractivity contribution is 0.101. The van der Waals surface area contributed by atoms with E-state index >= 15 is 0 Å². The predicted molar refractivity (Wildman–Crippen MR) is 114 cm³/mol. The summed E-state index contributed by atoms with van der Waals surface area (Å²) in [5.41, 5.74) is 2.22. The van der Waals surface area contributed by atoms with Crippen molar-refractivity contribution in [2.75, 3.05) is 10.6 Å². The number of hydrogen-bond acceptors (Lipinski definition) is 5. The minimum atomic E-state index is -0.319. The fourth-order valence-corrected chi connectivity index (χ4v) is 3.42. The lowest BCUT2D eigenvalue weighted by atomic mass is 10.1. The van der Waals surface area contributed by atoms with E-state index in [9.17, 15) is 9.59 Å². The number of nitrogens with one attached hydrogen (secondary N) is 2. The zero-order valence-corrected chi connectivity index (χ0v) is 16.5. The maximum Gasteiger partial charge on any atom is 0.265 e. The molecule has 2 amide bonds. The molecule has 0 saturated heterocycles. The minimum Gasteiger partial charge on any atom is -0.444 e. The topological polar surface area (TPSA) is 84.2 Å². The Morgan fingerprint density at radius 2 is 1.83 bits per heavy atom. The SMILES string of the molecule is O=C(Nc1ccc(-c2cnco2)cc1)c1ccc(Cl)c(NC(=O)c2cccs2)c1. The molecule has 0 spiro atoms. The van der Waals surface area contributed by atoms with Gasteiger partial charge in [0.2, 0.25) is 0 Å². The Balaban J connectivity index is 1.48. The summed E-state index contributed by atoms with van der Waals surface area (Å²) in [6, 6.07) is 15.4. The normalized spacial score (nSPS) is 10.5. The van der Waals surface area contributed by atoms with E-state index in [0.29, 0.717) is 32.6 Å². The number of amides is 2. The average molecular weight is 424 g/mol. The number of rotatable bonds is 5. The molecule has 0 aliphatic carbocycles. The second-order valence-electron chi connectivity index (χ2n) is 6.02. The summed E-state index contributed by atoms with van der Waals surface area (Å²) in [6.07, 6.45) is 2.98. The van der Waals surface area contributed by atoms with Crippen molar-refractivity contribution in [3.05, 3.63) is 88.0 Å². The molecule has 2 heterocycles. The summed E-state index contributed by atoms with van der Waals surface area (Å²) in [5, 5.41) is 7.72. The molecule has 0 radical (unpaired) electrons. The smallest absolute Gasteiger partial charge is 0.265 e. The Morgan fingerprint density at radius 1 is 1.00 bits per heavy atom. The fraction of sp³-hybridized carbons (Fsp3) is 0. The largest absolute Gasteiger partial charge is 0.444 e. The maximum atomic E-state index is 12.6. The van der Waals surface area contributed by atoms with Crippen LogP contribution in [0, 0.1) is 0 Å². The van der Waals surface area contributed by atoms with Crippen LogP contribution < -0.4 is 10.6 Å². The van der Waals surface area contributed by atoms with Crippen LogP contribution in [0.5, 0.6) is 0 Å². The first-order valence-electron chi connectivity index (χ1n) is 8.55. The Morgan fingerprint density at radius 3 is 2.52 bits per heavy atom. The van der Waals surface area contributed by atoms with Crippen LogP contribution in [0.4, 0.5) is 11.4 Å². The lowest BCUT2D eigenvalue weighted by Gasteiger charge is -2.10. The monoisotopic (exact) mass is 423 g/mol. The first kappa shape index (κ1) is 18.9. The highest BCUT2D eigenvalue weighted by Crippen LogP contribution is 2.25. The molecule has 29 heavy (non-hydrogen) atoms. The third-order valence-corrected chi connectivity index (χ3v) is 5.28. The van der Waals surface area contributed by atoms with Gasteiger partial charge in [0.25, 0.3) is 11.8 Å². The molecule has 4 aromatic rings. The molecular formula is C21H14ClN3O3S. The number of aromatic nitrogens is 1. The van der Waals surface area contributed by atoms with E-state index < -0.39 is 0 Å². The highest BCUT2D eigenvalue weighted by molar-refractivity contribution is 7.12. The van der Waals surface area contributed by atoms with Gasteiger partial charge in [-0.15, -0.1) is 11.3 Å². The van der Waals surface area contributed by atoms with Gasteiger partial charge in [0.15, 0.2) is 12.2 Å². The standard InChI is InChI=1S/C21H14ClN3O3S/c22-16-8-5-14(10-17(16)25-21(27)19-2-1-9-29-19)20(26)24-15-6-3-13(4-7-15)18-11-23-12-28-18/h1-12H,(H,24,26)(H,25,27). The molecule has 2 N–H and O–H groups in total. The predicted octanol–water partition coefficient (Wildman–Crippen LogP) is 5.56. The Labute approximate surface area is 175 Å². The summed E-state index contributed by atoms with van der Waals surface area (Å²) < 4.78 is 5.25. The third kappa shape index (κ3) is 4.37. The van der Waals surface area contributed by atoms with Crippen LogP contribution >= 0.6 is 22.9 Å². The Kier molecular flexibility index (Phi) is 5.41. The van der Waals surface area contributed by atoms with Gasteiger partial charge in [-0.05, 0) is 53.9 Å². The molecule has 0 aliphatic rings. The lowest BCUT2D eigenvalue weighted by Crippen LogP contribution is -2.14. The summed E-state index contributed by atoms with van der Waals surface area (Å²) in [4.78, 5) is 29.3. The van der Waals surface area contributed by atoms with Crippen LogP contribution in [-0.4, -0.2) is 16.8 Å². The quantitative estimate of drug-likeness (QED) is 0.440. The van der Waals surface area contributed by atoms with E-state index in [-0.39, 0.29) is 11.8 Å². The van der Waals surface area contributed by atoms with Gasteiger partial charge in [0.1, 0.15) is 0 Å². The summed E-state index contributed by atoms with van der Waals surface area (Å²) in [7, 11) is 0. The van der Waals surface area contributed by atoms with Gasteiger partial charge in [0.05, 0.1) is 21.8 Å². The number of carbonyl (C=O) groups excluding carboxylic acids is 2. The van der Waals surface area contributed by atoms with E-state index in [0.717, 1.165) is 5.56 Å². The van der Waals surface area contributed by atoms with Crippen LogP contribution in [-0.2, 0) is 0 Å². The van der Waals surface area contributed by atoms with Crippen molar-refractivity contribution in [1.29, 1.82) is 0 Å². The Bertz CT molecular complexity index is 1140. The van der Waals surface area contributed by atoms with Crippen molar-refractivity contribution in [3.63, 3.8) is 0 Å². The van der Waals surface area contributed by atoms with Crippen molar-refractivity contribution >= 4 is 46.1 Å². The molecule has 4 rings (SSSR count). The highest BCUT2D eigenvalue weighted by Gasteiger charge is 2.13. The van der Waals surface area contributed by atoms with Gasteiger partial charge in [-0.1, -0.05) is 17.7 Å². The van der Waals surface area contributed by atoms with Crippen molar-refractivity contribution in [1.82, 2.24) is 4.98 Å². The van der Waals surface area contributed by atoms with Crippen LogP contribution in [0.15, 0.2) is 77.0 Å². The number of halogens is 1. The maximum absolute atomic E-state index is 12.6. The van der Waals surface area contributed by atoms with Gasteiger partial charge < -0.3 is 15.1 Å². The number of nitrogens with zero attached hydrogens (tertiary/aromatic N) is 1. The number of carbonyl (C=O) groups is 2. The number of oxazole rings is 1. The zero-order valence-electron chi connectivity index (χ0n) is 14.9. The summed E-state index contributed by atoms with van der Waals surface area (Å²) >= 11 is 7.50. The zero-order chi connectivity index (χ0) is 20.2. The van der Waals surface area contributed by atoms with E-state index in [2.05, 4.69) is 15.6 Å². The number of anilines is 2. The van der Waals surface area contributed by atoms with Crippen LogP contribution in [0.2, 0.25) is 5.02 Å². The highest BCUT2D eigenvalue weighted by atomic mass is 35.5. The van der Waals surface area contributed by atoms with Gasteiger partial charge in [-0.3, -0.25) is 9.59 Å². The van der Waals surface area contributed by atoms with Gasteiger partial charge in [-0.2, -0.15) is 0 Å². The fourth-order valence-electron chi connectivity index (χ4n) is 2.63. The second-order valence-corrected chi connectivity index (χ2v) is 7.38. The minimum absolute atomic E-state index is 0.275. The number of benzene rings is 2.